The number of carbonyl (C=O) groups excluding carboxylic acids is 2. The second kappa shape index (κ2) is 10.0. The summed E-state index contributed by atoms with van der Waals surface area (Å²) in [6, 6.07) is 12.7. The van der Waals surface area contributed by atoms with Gasteiger partial charge >= 0.3 is 6.03 Å². The molecule has 2 N–H and O–H groups in total. The number of benzene rings is 2. The molecule has 0 aromatic heterocycles. The highest BCUT2D eigenvalue weighted by Crippen LogP contribution is 2.27. The van der Waals surface area contributed by atoms with Crippen molar-refractivity contribution in [3.8, 4) is 23.3 Å². The zero-order valence-electron chi connectivity index (χ0n) is 16.9. The number of carbonyl (C=O) groups is 2. The Morgan fingerprint density at radius 1 is 1.17 bits per heavy atom. The molecule has 1 aliphatic rings. The van der Waals surface area contributed by atoms with Crippen molar-refractivity contribution in [1.82, 2.24) is 10.6 Å². The van der Waals surface area contributed by atoms with Gasteiger partial charge in [0.25, 0.3) is 0 Å². The zero-order valence-corrected chi connectivity index (χ0v) is 16.9. The Kier molecular flexibility index (Phi) is 6.95. The van der Waals surface area contributed by atoms with E-state index < -0.39 is 0 Å². The van der Waals surface area contributed by atoms with Gasteiger partial charge in [-0.15, -0.1) is 0 Å². The third-order valence-corrected chi connectivity index (χ3v) is 4.45. The Bertz CT molecular complexity index is 1000. The van der Waals surface area contributed by atoms with E-state index in [9.17, 15) is 9.59 Å². The molecular formula is C23H23N3O4. The van der Waals surface area contributed by atoms with E-state index in [0.717, 1.165) is 16.8 Å². The molecule has 1 heterocycles. The number of hydrogen-bond acceptors (Lipinski definition) is 4. The Morgan fingerprint density at radius 3 is 2.60 bits per heavy atom. The molecule has 0 radical (unpaired) electrons. The molecule has 7 heteroatoms. The van der Waals surface area contributed by atoms with Gasteiger partial charge in [0.05, 0.1) is 20.8 Å². The summed E-state index contributed by atoms with van der Waals surface area (Å²) in [6.45, 7) is 1.54. The van der Waals surface area contributed by atoms with Crippen LogP contribution in [-0.2, 0) is 4.79 Å². The van der Waals surface area contributed by atoms with Crippen molar-refractivity contribution in [2.75, 3.05) is 38.8 Å². The number of hydrogen-bond donors (Lipinski definition) is 2. The van der Waals surface area contributed by atoms with E-state index in [-0.39, 0.29) is 18.5 Å². The summed E-state index contributed by atoms with van der Waals surface area (Å²) in [5.74, 6) is 6.90. The number of nitrogens with one attached hydrogen (secondary N) is 2. The van der Waals surface area contributed by atoms with E-state index >= 15 is 0 Å². The van der Waals surface area contributed by atoms with Crippen LogP contribution in [0.15, 0.2) is 48.5 Å². The molecule has 1 aliphatic heterocycles. The van der Waals surface area contributed by atoms with Crippen molar-refractivity contribution in [2.45, 2.75) is 0 Å². The van der Waals surface area contributed by atoms with Crippen LogP contribution in [0.2, 0.25) is 0 Å². The van der Waals surface area contributed by atoms with Crippen molar-refractivity contribution in [1.29, 1.82) is 0 Å². The van der Waals surface area contributed by atoms with Gasteiger partial charge in [0.2, 0.25) is 5.91 Å². The fraction of sp³-hybridized carbons (Fsp3) is 0.217. The average molecular weight is 405 g/mol. The molecule has 0 spiro atoms. The molecule has 7 nitrogen and oxygen atoms in total. The van der Waals surface area contributed by atoms with Crippen LogP contribution in [-0.4, -0.2) is 45.8 Å². The smallest absolute Gasteiger partial charge is 0.321 e. The van der Waals surface area contributed by atoms with Crippen LogP contribution < -0.4 is 25.0 Å². The fourth-order valence-corrected chi connectivity index (χ4v) is 2.91. The average Bonchev–Trinajstić information content (AvgIpc) is 3.21. The maximum Gasteiger partial charge on any atom is 0.321 e. The number of urea groups is 1. The van der Waals surface area contributed by atoms with E-state index in [2.05, 4.69) is 22.5 Å². The highest BCUT2D eigenvalue weighted by Gasteiger charge is 2.20. The highest BCUT2D eigenvalue weighted by atomic mass is 16.5. The lowest BCUT2D eigenvalue weighted by Gasteiger charge is -2.13. The lowest BCUT2D eigenvalue weighted by atomic mass is 10.2. The number of anilines is 1. The molecule has 3 rings (SSSR count). The quantitative estimate of drug-likeness (QED) is 0.571. The molecule has 0 saturated carbocycles. The molecule has 2 aromatic rings. The van der Waals surface area contributed by atoms with Gasteiger partial charge in [-0.1, -0.05) is 17.9 Å². The summed E-state index contributed by atoms with van der Waals surface area (Å²) in [4.78, 5) is 25.3. The molecule has 3 amide bonds. The Balaban J connectivity index is 1.49. The number of ether oxygens (including phenoxy) is 2. The van der Waals surface area contributed by atoms with Crippen molar-refractivity contribution in [2.24, 2.45) is 0 Å². The second-order valence-electron chi connectivity index (χ2n) is 6.40. The minimum Gasteiger partial charge on any atom is -0.493 e. The van der Waals surface area contributed by atoms with Crippen LogP contribution in [0.5, 0.6) is 11.5 Å². The van der Waals surface area contributed by atoms with Gasteiger partial charge in [-0.3, -0.25) is 9.69 Å². The number of amides is 3. The molecule has 1 fully saturated rings. The molecule has 2 aromatic carbocycles. The van der Waals surface area contributed by atoms with Crippen LogP contribution in [0.25, 0.3) is 6.08 Å². The number of nitrogens with zero attached hydrogens (tertiary/aromatic N) is 1. The summed E-state index contributed by atoms with van der Waals surface area (Å²) in [7, 11) is 3.13. The molecule has 0 bridgehead atoms. The summed E-state index contributed by atoms with van der Waals surface area (Å²) in [6.07, 6.45) is 3.14. The maximum atomic E-state index is 12.0. The second-order valence-corrected chi connectivity index (χ2v) is 6.40. The number of rotatable bonds is 6. The van der Waals surface area contributed by atoms with Gasteiger partial charge < -0.3 is 20.1 Å². The topological polar surface area (TPSA) is 79.9 Å². The Morgan fingerprint density at radius 2 is 1.93 bits per heavy atom. The first kappa shape index (κ1) is 20.8. The van der Waals surface area contributed by atoms with Crippen molar-refractivity contribution in [3.63, 3.8) is 0 Å². The summed E-state index contributed by atoms with van der Waals surface area (Å²) < 4.78 is 10.4. The SMILES string of the molecule is COc1ccc(/C=C/C(=O)NCC#Cc2ccc(N3CCNC3=O)cc2)cc1OC. The van der Waals surface area contributed by atoms with E-state index in [1.54, 1.807) is 37.3 Å². The number of methoxy groups -OCH3 is 2. The van der Waals surface area contributed by atoms with E-state index in [1.807, 2.05) is 30.3 Å². The molecule has 1 saturated heterocycles. The molecule has 30 heavy (non-hydrogen) atoms. The first-order valence-corrected chi connectivity index (χ1v) is 9.43. The van der Waals surface area contributed by atoms with Crippen molar-refractivity contribution < 1.29 is 19.1 Å². The van der Waals surface area contributed by atoms with Crippen LogP contribution in [0, 0.1) is 11.8 Å². The highest BCUT2D eigenvalue weighted by molar-refractivity contribution is 5.94. The summed E-state index contributed by atoms with van der Waals surface area (Å²) in [5, 5.41) is 5.49. The molecule has 0 atom stereocenters. The third kappa shape index (κ3) is 5.32. The molecular weight excluding hydrogens is 382 g/mol. The zero-order chi connectivity index (χ0) is 21.3. The molecule has 0 aliphatic carbocycles. The summed E-state index contributed by atoms with van der Waals surface area (Å²) in [5.41, 5.74) is 2.47. The molecule has 0 unspecified atom stereocenters. The van der Waals surface area contributed by atoms with Crippen LogP contribution in [0.1, 0.15) is 11.1 Å². The Hall–Kier alpha value is -3.92. The van der Waals surface area contributed by atoms with Crippen LogP contribution >= 0.6 is 0 Å². The largest absolute Gasteiger partial charge is 0.493 e. The Labute approximate surface area is 175 Å². The monoisotopic (exact) mass is 405 g/mol. The summed E-state index contributed by atoms with van der Waals surface area (Å²) >= 11 is 0. The van der Waals surface area contributed by atoms with Crippen LogP contribution in [0.4, 0.5) is 10.5 Å². The van der Waals surface area contributed by atoms with Crippen molar-refractivity contribution in [3.05, 3.63) is 59.7 Å². The van der Waals surface area contributed by atoms with Gasteiger partial charge in [0, 0.05) is 30.4 Å². The lowest BCUT2D eigenvalue weighted by Crippen LogP contribution is -2.27. The first-order valence-electron chi connectivity index (χ1n) is 9.43. The predicted octanol–water partition coefficient (Wildman–Crippen LogP) is 2.41. The van der Waals surface area contributed by atoms with Gasteiger partial charge in [0.15, 0.2) is 11.5 Å². The lowest BCUT2D eigenvalue weighted by molar-refractivity contribution is -0.116. The fourth-order valence-electron chi connectivity index (χ4n) is 2.91. The normalized spacial score (nSPS) is 12.9. The third-order valence-electron chi connectivity index (χ3n) is 4.45. The van der Waals surface area contributed by atoms with Gasteiger partial charge in [-0.25, -0.2) is 4.79 Å². The standard InChI is InChI=1S/C23H23N3O4/c1-29-20-11-7-18(16-21(20)30-2)8-12-22(27)24-13-3-4-17-5-9-19(10-6-17)26-15-14-25-23(26)28/h5-12,16H,13-15H2,1-2H3,(H,24,27)(H,25,28)/b12-8+. The minimum absolute atomic E-state index is 0.0855. The van der Waals surface area contributed by atoms with Gasteiger partial charge in [-0.05, 0) is 48.0 Å². The maximum absolute atomic E-state index is 12.0. The van der Waals surface area contributed by atoms with Gasteiger partial charge in [-0.2, -0.15) is 0 Å². The molecule has 154 valence electrons. The van der Waals surface area contributed by atoms with E-state index in [0.29, 0.717) is 24.6 Å². The first-order chi connectivity index (χ1) is 14.6. The van der Waals surface area contributed by atoms with E-state index in [1.165, 1.54) is 6.08 Å². The minimum atomic E-state index is -0.241. The van der Waals surface area contributed by atoms with Gasteiger partial charge in [0.1, 0.15) is 0 Å². The van der Waals surface area contributed by atoms with E-state index in [4.69, 9.17) is 9.47 Å². The van der Waals surface area contributed by atoms with Crippen molar-refractivity contribution >= 4 is 23.7 Å². The van der Waals surface area contributed by atoms with Crippen LogP contribution in [0.3, 0.4) is 0 Å². The predicted molar refractivity (Wildman–Crippen MR) is 116 cm³/mol.